The van der Waals surface area contributed by atoms with Crippen LogP contribution in [0.25, 0.3) is 0 Å². The standard InChI is InChI=1S/C14H22O3/c1-12(2)16-10-8-15-9-11-17-14-6-4-13(3)5-7-14/h4-7,12H,8-11H2,1-3H3. The molecular formula is C14H22O3. The molecule has 3 nitrogen and oxygen atoms in total. The van der Waals surface area contributed by atoms with Crippen LogP contribution >= 0.6 is 0 Å². The Morgan fingerprint density at radius 3 is 2.24 bits per heavy atom. The van der Waals surface area contributed by atoms with Crippen LogP contribution in [-0.4, -0.2) is 32.5 Å². The summed E-state index contributed by atoms with van der Waals surface area (Å²) >= 11 is 0. The van der Waals surface area contributed by atoms with Crippen LogP contribution in [0, 0.1) is 6.92 Å². The summed E-state index contributed by atoms with van der Waals surface area (Å²) in [6.07, 6.45) is 0.266. The number of benzene rings is 1. The van der Waals surface area contributed by atoms with Gasteiger partial charge in [0.2, 0.25) is 0 Å². The third-order valence-corrected chi connectivity index (χ3v) is 2.20. The molecule has 0 saturated heterocycles. The summed E-state index contributed by atoms with van der Waals surface area (Å²) in [5.41, 5.74) is 1.24. The van der Waals surface area contributed by atoms with Crippen LogP contribution in [-0.2, 0) is 9.47 Å². The van der Waals surface area contributed by atoms with Crippen molar-refractivity contribution in [2.75, 3.05) is 26.4 Å². The summed E-state index contributed by atoms with van der Waals surface area (Å²) in [6, 6.07) is 8.01. The van der Waals surface area contributed by atoms with Crippen molar-refractivity contribution >= 4 is 0 Å². The van der Waals surface area contributed by atoms with Gasteiger partial charge in [0.05, 0.1) is 25.9 Å². The molecule has 1 aromatic carbocycles. The highest BCUT2D eigenvalue weighted by atomic mass is 16.5. The molecule has 0 saturated carbocycles. The molecule has 0 heterocycles. The van der Waals surface area contributed by atoms with Crippen LogP contribution in [0.3, 0.4) is 0 Å². The molecule has 1 rings (SSSR count). The van der Waals surface area contributed by atoms with Crippen molar-refractivity contribution in [3.05, 3.63) is 29.8 Å². The predicted octanol–water partition coefficient (Wildman–Crippen LogP) is 2.82. The van der Waals surface area contributed by atoms with E-state index >= 15 is 0 Å². The van der Waals surface area contributed by atoms with E-state index in [1.807, 2.05) is 38.1 Å². The molecule has 0 bridgehead atoms. The lowest BCUT2D eigenvalue weighted by Crippen LogP contribution is -2.13. The summed E-state index contributed by atoms with van der Waals surface area (Å²) in [5, 5.41) is 0. The van der Waals surface area contributed by atoms with Crippen molar-refractivity contribution in [1.82, 2.24) is 0 Å². The van der Waals surface area contributed by atoms with E-state index in [0.29, 0.717) is 26.4 Å². The summed E-state index contributed by atoms with van der Waals surface area (Å²) in [4.78, 5) is 0. The zero-order valence-electron chi connectivity index (χ0n) is 10.9. The van der Waals surface area contributed by atoms with Gasteiger partial charge in [0.15, 0.2) is 0 Å². The first-order valence-corrected chi connectivity index (χ1v) is 6.07. The van der Waals surface area contributed by atoms with Gasteiger partial charge in [0.25, 0.3) is 0 Å². The molecule has 0 aliphatic carbocycles. The molecule has 0 amide bonds. The van der Waals surface area contributed by atoms with Crippen LogP contribution in [0.15, 0.2) is 24.3 Å². The van der Waals surface area contributed by atoms with Crippen LogP contribution in [0.2, 0.25) is 0 Å². The fourth-order valence-corrected chi connectivity index (χ4v) is 1.30. The van der Waals surface area contributed by atoms with E-state index in [2.05, 4.69) is 6.92 Å². The molecule has 96 valence electrons. The second kappa shape index (κ2) is 8.09. The summed E-state index contributed by atoms with van der Waals surface area (Å²) in [5.74, 6) is 0.887. The van der Waals surface area contributed by atoms with Crippen molar-refractivity contribution < 1.29 is 14.2 Å². The molecular weight excluding hydrogens is 216 g/mol. The molecule has 0 N–H and O–H groups in total. The maximum absolute atomic E-state index is 5.52. The highest BCUT2D eigenvalue weighted by molar-refractivity contribution is 5.26. The Hall–Kier alpha value is -1.06. The topological polar surface area (TPSA) is 27.7 Å². The maximum Gasteiger partial charge on any atom is 0.119 e. The lowest BCUT2D eigenvalue weighted by molar-refractivity contribution is 0.0124. The van der Waals surface area contributed by atoms with Crippen molar-refractivity contribution in [2.45, 2.75) is 26.9 Å². The quantitative estimate of drug-likeness (QED) is 0.652. The van der Waals surface area contributed by atoms with Gasteiger partial charge in [-0.1, -0.05) is 17.7 Å². The molecule has 0 aliphatic heterocycles. The molecule has 1 aromatic rings. The minimum atomic E-state index is 0.266. The third kappa shape index (κ3) is 6.97. The monoisotopic (exact) mass is 238 g/mol. The zero-order chi connectivity index (χ0) is 12.5. The maximum atomic E-state index is 5.52. The molecule has 0 aromatic heterocycles. The van der Waals surface area contributed by atoms with E-state index in [0.717, 1.165) is 5.75 Å². The average Bonchev–Trinajstić information content (AvgIpc) is 2.30. The van der Waals surface area contributed by atoms with Crippen molar-refractivity contribution in [2.24, 2.45) is 0 Å². The molecule has 0 unspecified atom stereocenters. The van der Waals surface area contributed by atoms with E-state index in [1.54, 1.807) is 0 Å². The van der Waals surface area contributed by atoms with Gasteiger partial charge < -0.3 is 14.2 Å². The number of aryl methyl sites for hydroxylation is 1. The van der Waals surface area contributed by atoms with Crippen molar-refractivity contribution in [1.29, 1.82) is 0 Å². The normalized spacial score (nSPS) is 10.8. The molecule has 0 spiro atoms. The molecule has 17 heavy (non-hydrogen) atoms. The van der Waals surface area contributed by atoms with Gasteiger partial charge in [-0.3, -0.25) is 0 Å². The van der Waals surface area contributed by atoms with Gasteiger partial charge in [-0.05, 0) is 32.9 Å². The zero-order valence-corrected chi connectivity index (χ0v) is 10.9. The van der Waals surface area contributed by atoms with Crippen molar-refractivity contribution in [3.8, 4) is 5.75 Å². The Labute approximate surface area is 104 Å². The minimum Gasteiger partial charge on any atom is -0.491 e. The largest absolute Gasteiger partial charge is 0.491 e. The second-order valence-electron chi connectivity index (χ2n) is 4.19. The van der Waals surface area contributed by atoms with E-state index < -0.39 is 0 Å². The molecule has 3 heteroatoms. The molecule has 0 atom stereocenters. The van der Waals surface area contributed by atoms with Crippen LogP contribution in [0.4, 0.5) is 0 Å². The van der Waals surface area contributed by atoms with Crippen molar-refractivity contribution in [3.63, 3.8) is 0 Å². The number of ether oxygens (including phenoxy) is 3. The molecule has 0 aliphatic rings. The lowest BCUT2D eigenvalue weighted by atomic mass is 10.2. The van der Waals surface area contributed by atoms with E-state index in [-0.39, 0.29) is 6.10 Å². The minimum absolute atomic E-state index is 0.266. The lowest BCUT2D eigenvalue weighted by Gasteiger charge is -2.09. The van der Waals surface area contributed by atoms with Gasteiger partial charge in [0.1, 0.15) is 12.4 Å². The van der Waals surface area contributed by atoms with Gasteiger partial charge in [-0.2, -0.15) is 0 Å². The van der Waals surface area contributed by atoms with Crippen LogP contribution in [0.1, 0.15) is 19.4 Å². The molecule has 0 radical (unpaired) electrons. The van der Waals surface area contributed by atoms with Gasteiger partial charge in [-0.25, -0.2) is 0 Å². The smallest absolute Gasteiger partial charge is 0.119 e. The Balaban J connectivity index is 1.99. The summed E-state index contributed by atoms with van der Waals surface area (Å²) in [7, 11) is 0. The Kier molecular flexibility index (Phi) is 6.67. The first-order valence-electron chi connectivity index (χ1n) is 6.07. The molecule has 0 fully saturated rings. The van der Waals surface area contributed by atoms with E-state index in [9.17, 15) is 0 Å². The second-order valence-corrected chi connectivity index (χ2v) is 4.19. The first kappa shape index (κ1) is 14.0. The fraction of sp³-hybridized carbons (Fsp3) is 0.571. The van der Waals surface area contributed by atoms with Gasteiger partial charge in [0, 0.05) is 0 Å². The Morgan fingerprint density at radius 1 is 0.941 bits per heavy atom. The first-order chi connectivity index (χ1) is 8.18. The van der Waals surface area contributed by atoms with Crippen LogP contribution < -0.4 is 4.74 Å². The van der Waals surface area contributed by atoms with E-state index in [1.165, 1.54) is 5.56 Å². The number of rotatable bonds is 8. The number of hydrogen-bond acceptors (Lipinski definition) is 3. The van der Waals surface area contributed by atoms with Crippen LogP contribution in [0.5, 0.6) is 5.75 Å². The summed E-state index contributed by atoms with van der Waals surface area (Å²) < 4.78 is 16.3. The third-order valence-electron chi connectivity index (χ3n) is 2.20. The fourth-order valence-electron chi connectivity index (χ4n) is 1.30. The van der Waals surface area contributed by atoms with Gasteiger partial charge >= 0.3 is 0 Å². The Bertz CT molecular complexity index is 293. The average molecular weight is 238 g/mol. The highest BCUT2D eigenvalue weighted by Gasteiger charge is 1.95. The summed E-state index contributed by atoms with van der Waals surface area (Å²) in [6.45, 7) is 8.51. The SMILES string of the molecule is Cc1ccc(OCCOCCOC(C)C)cc1. The predicted molar refractivity (Wildman–Crippen MR) is 68.6 cm³/mol. The highest BCUT2D eigenvalue weighted by Crippen LogP contribution is 2.10. The van der Waals surface area contributed by atoms with Gasteiger partial charge in [-0.15, -0.1) is 0 Å². The Morgan fingerprint density at radius 2 is 1.59 bits per heavy atom. The van der Waals surface area contributed by atoms with E-state index in [4.69, 9.17) is 14.2 Å². The number of hydrogen-bond donors (Lipinski definition) is 0.